The Bertz CT molecular complexity index is 1040. The van der Waals surface area contributed by atoms with Crippen molar-refractivity contribution in [1.82, 2.24) is 14.5 Å². The topological polar surface area (TPSA) is 212 Å². The average molecular weight is 476 g/mol. The van der Waals surface area contributed by atoms with Crippen molar-refractivity contribution in [3.8, 4) is 0 Å². The Morgan fingerprint density at radius 3 is 2.50 bits per heavy atom. The quantitative estimate of drug-likeness (QED) is 0.297. The predicted molar refractivity (Wildman–Crippen MR) is 90.4 cm³/mol. The highest BCUT2D eigenvalue weighted by molar-refractivity contribution is 5.79. The molecule has 3 aromatic rings. The predicted octanol–water partition coefficient (Wildman–Crippen LogP) is -5.05. The SMILES string of the molecule is Nc1c2ncn([C@H]3C[C@H](O)[C@@H](CO)O3)c2nc[n+]1OCc1ccc(F)cc1.[O-][Cl+3]([O-])([O-])[O-]. The third kappa shape index (κ3) is 5.96. The van der Waals surface area contributed by atoms with Gasteiger partial charge in [-0.15, -0.1) is 10.2 Å². The molecule has 3 atom stereocenters. The van der Waals surface area contributed by atoms with E-state index in [2.05, 4.69) is 9.97 Å². The van der Waals surface area contributed by atoms with E-state index in [0.717, 1.165) is 5.56 Å². The first-order valence-electron chi connectivity index (χ1n) is 9.03. The Morgan fingerprint density at radius 1 is 1.25 bits per heavy atom. The molecule has 15 heteroatoms. The molecule has 0 bridgehead atoms. The lowest BCUT2D eigenvalue weighted by atomic mass is 10.2. The fourth-order valence-corrected chi connectivity index (χ4v) is 3.03. The number of rotatable bonds is 5. The second-order valence-electron chi connectivity index (χ2n) is 6.67. The number of halogens is 2. The summed E-state index contributed by atoms with van der Waals surface area (Å²) < 4.78 is 55.5. The number of aliphatic hydroxyl groups is 2. The Hall–Kier alpha value is -2.69. The van der Waals surface area contributed by atoms with Gasteiger partial charge in [0.05, 0.1) is 12.7 Å². The summed E-state index contributed by atoms with van der Waals surface area (Å²) in [6.45, 7) is -0.0871. The van der Waals surface area contributed by atoms with Crippen LogP contribution in [0.1, 0.15) is 18.2 Å². The molecule has 13 nitrogen and oxygen atoms in total. The molecule has 4 rings (SSSR count). The Kier molecular flexibility index (Phi) is 7.37. The summed E-state index contributed by atoms with van der Waals surface area (Å²) in [5, 5.41) is 19.1. The zero-order valence-electron chi connectivity index (χ0n) is 16.3. The van der Waals surface area contributed by atoms with Crippen molar-refractivity contribution in [2.24, 2.45) is 0 Å². The van der Waals surface area contributed by atoms with Gasteiger partial charge < -0.3 is 25.5 Å². The van der Waals surface area contributed by atoms with Crippen LogP contribution in [0, 0.1) is 16.1 Å². The second kappa shape index (κ2) is 9.85. The van der Waals surface area contributed by atoms with Gasteiger partial charge in [0.1, 0.15) is 24.5 Å². The number of nitrogen functional groups attached to an aromatic ring is 1. The molecule has 1 fully saturated rings. The normalized spacial score (nSPS) is 20.8. The lowest BCUT2D eigenvalue weighted by Crippen LogP contribution is -2.68. The molecule has 0 radical (unpaired) electrons. The van der Waals surface area contributed by atoms with Crippen molar-refractivity contribution in [3.05, 3.63) is 48.3 Å². The highest BCUT2D eigenvalue weighted by Crippen LogP contribution is 2.30. The maximum atomic E-state index is 13.0. The molecule has 1 aromatic carbocycles. The Labute approximate surface area is 182 Å². The van der Waals surface area contributed by atoms with E-state index in [1.54, 1.807) is 16.7 Å². The summed E-state index contributed by atoms with van der Waals surface area (Å²) in [6.07, 6.45) is 1.35. The molecular formula is C17H19ClFN5O8. The summed E-state index contributed by atoms with van der Waals surface area (Å²) in [7, 11) is -4.94. The average Bonchev–Trinajstić information content (AvgIpc) is 3.31. The van der Waals surface area contributed by atoms with Crippen LogP contribution in [-0.2, 0) is 11.3 Å². The van der Waals surface area contributed by atoms with Gasteiger partial charge in [0, 0.05) is 6.42 Å². The highest BCUT2D eigenvalue weighted by atomic mass is 35.7. The van der Waals surface area contributed by atoms with Crippen LogP contribution < -0.4 is 33.9 Å². The van der Waals surface area contributed by atoms with E-state index in [0.29, 0.717) is 17.6 Å². The molecule has 0 spiro atoms. The molecule has 1 aliphatic heterocycles. The number of imidazole rings is 1. The number of nitrogens with zero attached hydrogens (tertiary/aromatic N) is 4. The number of benzene rings is 1. The molecule has 0 aliphatic carbocycles. The molecule has 4 N–H and O–H groups in total. The number of fused-ring (bicyclic) bond motifs is 1. The van der Waals surface area contributed by atoms with Gasteiger partial charge in [0.25, 0.3) is 12.1 Å². The van der Waals surface area contributed by atoms with Crippen molar-refractivity contribution < 1.29 is 57.8 Å². The third-order valence-corrected chi connectivity index (χ3v) is 4.51. The molecule has 1 aliphatic rings. The molecule has 2 aromatic heterocycles. The molecule has 3 heterocycles. The smallest absolute Gasteiger partial charge is 0.289 e. The minimum absolute atomic E-state index is 0.180. The van der Waals surface area contributed by atoms with Crippen molar-refractivity contribution in [2.45, 2.75) is 31.5 Å². The molecule has 174 valence electrons. The van der Waals surface area contributed by atoms with Gasteiger partial charge >= 0.3 is 0 Å². The molecule has 0 saturated carbocycles. The number of anilines is 1. The monoisotopic (exact) mass is 475 g/mol. The zero-order chi connectivity index (χ0) is 23.5. The van der Waals surface area contributed by atoms with E-state index < -0.39 is 28.7 Å². The van der Waals surface area contributed by atoms with Gasteiger partial charge in [-0.05, 0) is 17.7 Å². The molecular weight excluding hydrogens is 457 g/mol. The van der Waals surface area contributed by atoms with E-state index in [1.165, 1.54) is 29.5 Å². The first-order valence-corrected chi connectivity index (χ1v) is 10.3. The second-order valence-corrected chi connectivity index (χ2v) is 7.43. The number of aliphatic hydroxyl groups excluding tert-OH is 2. The van der Waals surface area contributed by atoms with Gasteiger partial charge in [0.15, 0.2) is 6.61 Å². The fraction of sp³-hybridized carbons (Fsp3) is 0.353. The van der Waals surface area contributed by atoms with Crippen LogP contribution in [-0.4, -0.2) is 43.6 Å². The molecule has 0 unspecified atom stereocenters. The lowest BCUT2D eigenvalue weighted by molar-refractivity contribution is -2.00. The minimum atomic E-state index is -4.94. The van der Waals surface area contributed by atoms with E-state index in [-0.39, 0.29) is 24.8 Å². The van der Waals surface area contributed by atoms with Gasteiger partial charge in [0.2, 0.25) is 11.2 Å². The molecule has 0 amide bonds. The van der Waals surface area contributed by atoms with Crippen molar-refractivity contribution >= 4 is 17.0 Å². The van der Waals surface area contributed by atoms with Gasteiger partial charge in [-0.2, -0.15) is 0 Å². The van der Waals surface area contributed by atoms with E-state index in [1.807, 2.05) is 0 Å². The van der Waals surface area contributed by atoms with Gasteiger partial charge in [-0.1, -0.05) is 21.8 Å². The van der Waals surface area contributed by atoms with Crippen LogP contribution in [0.15, 0.2) is 36.9 Å². The molecule has 32 heavy (non-hydrogen) atoms. The fourth-order valence-electron chi connectivity index (χ4n) is 3.03. The minimum Gasteiger partial charge on any atom is -0.394 e. The van der Waals surface area contributed by atoms with E-state index >= 15 is 0 Å². The summed E-state index contributed by atoms with van der Waals surface area (Å²) in [5.74, 6) is -0.0691. The van der Waals surface area contributed by atoms with Crippen LogP contribution in [0.25, 0.3) is 11.2 Å². The van der Waals surface area contributed by atoms with Crippen molar-refractivity contribution in [2.75, 3.05) is 12.3 Å². The number of hydrogen-bond acceptors (Lipinski definition) is 11. The highest BCUT2D eigenvalue weighted by Gasteiger charge is 2.36. The maximum absolute atomic E-state index is 13.0. The Morgan fingerprint density at radius 2 is 1.91 bits per heavy atom. The van der Waals surface area contributed by atoms with Crippen molar-refractivity contribution in [1.29, 1.82) is 0 Å². The van der Waals surface area contributed by atoms with Crippen LogP contribution in [0.2, 0.25) is 0 Å². The van der Waals surface area contributed by atoms with E-state index in [9.17, 15) is 14.6 Å². The first kappa shape index (κ1) is 24.0. The van der Waals surface area contributed by atoms with Crippen LogP contribution in [0.4, 0.5) is 10.2 Å². The van der Waals surface area contributed by atoms with E-state index in [4.69, 9.17) is 33.9 Å². The summed E-state index contributed by atoms with van der Waals surface area (Å²) in [4.78, 5) is 14.2. The van der Waals surface area contributed by atoms with Crippen LogP contribution in [0.3, 0.4) is 0 Å². The third-order valence-electron chi connectivity index (χ3n) is 4.51. The molecule has 1 saturated heterocycles. The standard InChI is InChI=1S/C17H18FN5O4.ClHO4/c18-11-3-1-10(2-4-11)7-26-23-9-21-17-15(16(23)19)20-8-22(17)14-5-12(25)13(6-24)27-14;2-1(3,4)5/h1-4,8-9,12-14,19,24-25H,5-7H2;(H,2,3,4,5)/t12-,13+,14+;/m0./s1. The summed E-state index contributed by atoms with van der Waals surface area (Å²) in [5.41, 5.74) is 7.80. The van der Waals surface area contributed by atoms with Gasteiger partial charge in [-0.25, -0.2) is 28.0 Å². The van der Waals surface area contributed by atoms with Crippen LogP contribution >= 0.6 is 0 Å². The zero-order valence-corrected chi connectivity index (χ0v) is 17.0. The first-order chi connectivity index (χ1) is 15.1. The number of aromatic nitrogens is 4. The summed E-state index contributed by atoms with van der Waals surface area (Å²) >= 11 is 0. The maximum Gasteiger partial charge on any atom is 0.289 e. The van der Waals surface area contributed by atoms with Gasteiger partial charge in [-0.3, -0.25) is 4.57 Å². The van der Waals surface area contributed by atoms with Crippen LogP contribution in [0.5, 0.6) is 0 Å². The Balaban J connectivity index is 0.000000523. The number of hydrogen-bond donors (Lipinski definition) is 3. The number of nitrogens with two attached hydrogens (primary N) is 1. The largest absolute Gasteiger partial charge is 0.394 e. The number of ether oxygens (including phenoxy) is 1. The summed E-state index contributed by atoms with van der Waals surface area (Å²) in [6, 6.07) is 5.94. The van der Waals surface area contributed by atoms with Crippen molar-refractivity contribution in [3.63, 3.8) is 0 Å². The lowest BCUT2D eigenvalue weighted by Gasteiger charge is -2.17.